The van der Waals surface area contributed by atoms with Gasteiger partial charge in [0.05, 0.1) is 24.8 Å². The lowest BCUT2D eigenvalue weighted by Crippen LogP contribution is -2.49. The van der Waals surface area contributed by atoms with Gasteiger partial charge < -0.3 is 15.0 Å². The Hall–Kier alpha value is -3.68. The molecule has 8 heteroatoms. The quantitative estimate of drug-likeness (QED) is 0.738. The van der Waals surface area contributed by atoms with Crippen LogP contribution in [0.25, 0.3) is 0 Å². The highest BCUT2D eigenvalue weighted by Crippen LogP contribution is 2.45. The highest BCUT2D eigenvalue weighted by atomic mass is 16.5. The molecule has 8 nitrogen and oxygen atoms in total. The van der Waals surface area contributed by atoms with Gasteiger partial charge in [-0.1, -0.05) is 30.3 Å². The number of nitrogens with zero attached hydrogens (tertiary/aromatic N) is 2. The zero-order valence-corrected chi connectivity index (χ0v) is 16.5. The number of nitrogens with one attached hydrogen (secondary N) is 1. The molecule has 2 aliphatic heterocycles. The van der Waals surface area contributed by atoms with E-state index in [1.807, 2.05) is 12.1 Å². The van der Waals surface area contributed by atoms with E-state index in [0.717, 1.165) is 5.56 Å². The molecule has 0 saturated heterocycles. The summed E-state index contributed by atoms with van der Waals surface area (Å²) in [7, 11) is 1.29. The Morgan fingerprint density at radius 3 is 2.43 bits per heavy atom. The summed E-state index contributed by atoms with van der Waals surface area (Å²) in [6.07, 6.45) is -0.453. The van der Waals surface area contributed by atoms with E-state index in [1.54, 1.807) is 46.2 Å². The molecule has 3 amide bonds. The van der Waals surface area contributed by atoms with Gasteiger partial charge in [0.15, 0.2) is 0 Å². The summed E-state index contributed by atoms with van der Waals surface area (Å²) in [6.45, 7) is 0.305. The molecule has 0 bridgehead atoms. The van der Waals surface area contributed by atoms with E-state index < -0.39 is 12.1 Å². The van der Waals surface area contributed by atoms with E-state index in [1.165, 1.54) is 7.11 Å². The van der Waals surface area contributed by atoms with E-state index in [9.17, 15) is 19.2 Å². The van der Waals surface area contributed by atoms with Gasteiger partial charge in [-0.25, -0.2) is 0 Å². The van der Waals surface area contributed by atoms with Gasteiger partial charge in [-0.3, -0.25) is 24.1 Å². The average Bonchev–Trinajstić information content (AvgIpc) is 3.06. The molecule has 2 heterocycles. The van der Waals surface area contributed by atoms with Crippen molar-refractivity contribution >= 4 is 29.4 Å². The number of methoxy groups -OCH3 is 1. The fourth-order valence-corrected chi connectivity index (χ4v) is 3.92. The second-order valence-corrected chi connectivity index (χ2v) is 7.08. The number of amides is 3. The van der Waals surface area contributed by atoms with Crippen LogP contribution in [-0.2, 0) is 14.3 Å². The number of carbonyl (C=O) groups is 4. The number of fused-ring (bicyclic) bond motifs is 5. The fourth-order valence-electron chi connectivity index (χ4n) is 3.92. The van der Waals surface area contributed by atoms with Crippen LogP contribution in [-0.4, -0.2) is 48.8 Å². The van der Waals surface area contributed by atoms with Gasteiger partial charge in [0.25, 0.3) is 11.8 Å². The minimum absolute atomic E-state index is 0.0514. The van der Waals surface area contributed by atoms with Crippen molar-refractivity contribution in [1.82, 2.24) is 10.2 Å². The molecule has 2 aromatic carbocycles. The summed E-state index contributed by atoms with van der Waals surface area (Å²) in [4.78, 5) is 52.9. The molecule has 0 aromatic heterocycles. The molecule has 0 radical (unpaired) electrons. The monoisotopic (exact) mass is 407 g/mol. The normalized spacial score (nSPS) is 16.6. The van der Waals surface area contributed by atoms with Crippen molar-refractivity contribution in [3.8, 4) is 0 Å². The zero-order chi connectivity index (χ0) is 21.3. The van der Waals surface area contributed by atoms with Crippen LogP contribution in [0.2, 0.25) is 0 Å². The maximum atomic E-state index is 13.2. The van der Waals surface area contributed by atoms with Gasteiger partial charge in [0, 0.05) is 30.6 Å². The van der Waals surface area contributed by atoms with Crippen molar-refractivity contribution in [3.63, 3.8) is 0 Å². The molecule has 30 heavy (non-hydrogen) atoms. The molecule has 154 valence electrons. The first kappa shape index (κ1) is 19.6. The minimum Gasteiger partial charge on any atom is -0.469 e. The van der Waals surface area contributed by atoms with E-state index in [-0.39, 0.29) is 43.7 Å². The third-order valence-electron chi connectivity index (χ3n) is 5.34. The smallest absolute Gasteiger partial charge is 0.307 e. The second-order valence-electron chi connectivity index (χ2n) is 7.08. The second kappa shape index (κ2) is 7.98. The van der Waals surface area contributed by atoms with Gasteiger partial charge >= 0.3 is 5.97 Å². The van der Waals surface area contributed by atoms with E-state index in [0.29, 0.717) is 16.8 Å². The number of esters is 1. The Morgan fingerprint density at radius 1 is 0.967 bits per heavy atom. The molecule has 0 fully saturated rings. The number of carbonyl (C=O) groups excluding carboxylic acids is 4. The Kier molecular flexibility index (Phi) is 5.22. The predicted octanol–water partition coefficient (Wildman–Crippen LogP) is 1.87. The lowest BCUT2D eigenvalue weighted by atomic mass is 10.0. The summed E-state index contributed by atoms with van der Waals surface area (Å²) in [5.41, 5.74) is 2.31. The lowest BCUT2D eigenvalue weighted by molar-refractivity contribution is -0.140. The van der Waals surface area contributed by atoms with Crippen LogP contribution in [0.4, 0.5) is 5.69 Å². The number of hydrogen-bond acceptors (Lipinski definition) is 5. The van der Waals surface area contributed by atoms with E-state index in [2.05, 4.69) is 10.1 Å². The largest absolute Gasteiger partial charge is 0.469 e. The van der Waals surface area contributed by atoms with Gasteiger partial charge in [-0.2, -0.15) is 0 Å². The Labute approximate surface area is 173 Å². The topological polar surface area (TPSA) is 96.0 Å². The van der Waals surface area contributed by atoms with Crippen LogP contribution >= 0.6 is 0 Å². The molecule has 2 aromatic rings. The third-order valence-corrected chi connectivity index (χ3v) is 5.34. The summed E-state index contributed by atoms with van der Waals surface area (Å²) >= 11 is 0. The van der Waals surface area contributed by atoms with Crippen LogP contribution in [0.15, 0.2) is 48.5 Å². The molecule has 0 spiro atoms. The summed E-state index contributed by atoms with van der Waals surface area (Å²) in [5, 5.41) is 2.65. The number of anilines is 1. The highest BCUT2D eigenvalue weighted by molar-refractivity contribution is 6.16. The molecule has 1 N–H and O–H groups in total. The van der Waals surface area contributed by atoms with Crippen LogP contribution < -0.4 is 10.2 Å². The first-order valence-corrected chi connectivity index (χ1v) is 9.69. The standard InChI is InChI=1S/C22H21N3O5/c1-30-19(27)10-12-23-18(26)11-13-24-20-14-6-2-3-7-15(14)22(29)25(20)17-9-5-4-8-16(17)21(24)28/h2-9,20H,10-13H2,1H3,(H,23,26)/t20-/m0/s1. The predicted molar refractivity (Wildman–Crippen MR) is 108 cm³/mol. The minimum atomic E-state index is -0.584. The number of benzene rings is 2. The van der Waals surface area contributed by atoms with Crippen molar-refractivity contribution in [3.05, 3.63) is 65.2 Å². The third kappa shape index (κ3) is 3.30. The molecule has 0 unspecified atom stereocenters. The zero-order valence-electron chi connectivity index (χ0n) is 16.5. The number of rotatable bonds is 6. The molecular formula is C22H21N3O5. The molecule has 0 aliphatic carbocycles. The maximum Gasteiger partial charge on any atom is 0.307 e. The molecule has 0 saturated carbocycles. The average molecular weight is 407 g/mol. The lowest BCUT2D eigenvalue weighted by Gasteiger charge is -2.40. The number of hydrogen-bond donors (Lipinski definition) is 1. The number of para-hydroxylation sites is 1. The first-order valence-electron chi connectivity index (χ1n) is 9.69. The first-order chi connectivity index (χ1) is 14.5. The van der Waals surface area contributed by atoms with Crippen molar-refractivity contribution < 1.29 is 23.9 Å². The Bertz CT molecular complexity index is 1030. The van der Waals surface area contributed by atoms with Crippen molar-refractivity contribution in [2.75, 3.05) is 25.1 Å². The van der Waals surface area contributed by atoms with Crippen LogP contribution in [0.5, 0.6) is 0 Å². The molecular weight excluding hydrogens is 386 g/mol. The molecule has 2 aliphatic rings. The maximum absolute atomic E-state index is 13.2. The van der Waals surface area contributed by atoms with Crippen molar-refractivity contribution in [2.45, 2.75) is 19.0 Å². The summed E-state index contributed by atoms with van der Waals surface area (Å²) < 4.78 is 4.54. The van der Waals surface area contributed by atoms with Crippen molar-refractivity contribution in [1.29, 1.82) is 0 Å². The SMILES string of the molecule is COC(=O)CCNC(=O)CCN1C(=O)c2ccccc2N2C(=O)c3ccccc3[C@@H]12. The fraction of sp³-hybridized carbons (Fsp3) is 0.273. The summed E-state index contributed by atoms with van der Waals surface area (Å²) in [6, 6.07) is 14.2. The summed E-state index contributed by atoms with van der Waals surface area (Å²) in [5.74, 6) is -1.08. The van der Waals surface area contributed by atoms with Gasteiger partial charge in [-0.05, 0) is 18.2 Å². The van der Waals surface area contributed by atoms with Gasteiger partial charge in [0.1, 0.15) is 6.17 Å². The van der Waals surface area contributed by atoms with Crippen LogP contribution in [0.1, 0.15) is 45.3 Å². The Morgan fingerprint density at radius 2 is 1.67 bits per heavy atom. The van der Waals surface area contributed by atoms with Gasteiger partial charge in [-0.15, -0.1) is 0 Å². The molecule has 1 atom stereocenters. The van der Waals surface area contributed by atoms with Crippen LogP contribution in [0.3, 0.4) is 0 Å². The van der Waals surface area contributed by atoms with Gasteiger partial charge in [0.2, 0.25) is 5.91 Å². The Balaban J connectivity index is 1.57. The number of ether oxygens (including phenoxy) is 1. The van der Waals surface area contributed by atoms with E-state index >= 15 is 0 Å². The van der Waals surface area contributed by atoms with Crippen molar-refractivity contribution in [2.24, 2.45) is 0 Å². The molecule has 4 rings (SSSR count). The van der Waals surface area contributed by atoms with E-state index in [4.69, 9.17) is 0 Å². The van der Waals surface area contributed by atoms with Crippen LogP contribution in [0, 0.1) is 0 Å². The highest BCUT2D eigenvalue weighted by Gasteiger charge is 2.47.